The number of anilines is 1. The van der Waals surface area contributed by atoms with Crippen LogP contribution in [0.4, 0.5) is 23.4 Å². The van der Waals surface area contributed by atoms with Gasteiger partial charge in [0.2, 0.25) is 12.3 Å². The summed E-state index contributed by atoms with van der Waals surface area (Å²) < 4.78 is 76.7. The molecule has 448 valence electrons. The standard InChI is InChI=1S/C49H61FN10O4.C15H12F3NO2/c1-28(2)45(48(61)59-20-8-9-29(59)3)60-25-41(56-57-60)34-12-10-32(11-13-34)27-63-46-43(42-31(5)40(50)19-16-35(42)22-52-51-6)38(33-14-15-33)21-39-44(46)54-49(64-26-30(4)62-7)55-47(39)58-23-36-17-18-37(24-58)53-36;16-11-5-12(17)15(13(18)6-11)10-3-1-9(2-4-10)14(7-20)19-8-21/h10-13,16,19,21-22,25,28-30,33,36-37,45,51,53H,8-9,14-15,17-18,20,23-24,26-27H2,1-7H3;1-6,8,14,20H,7H2,(H,19,21)/b52-22-;/t29?,30-,36?,37?,45?;/m0./s1. The molecule has 17 nitrogen and oxygen atoms in total. The van der Waals surface area contributed by atoms with E-state index in [0.717, 1.165) is 97.2 Å². The Morgan fingerprint density at radius 2 is 1.58 bits per heavy atom. The molecule has 1 saturated carbocycles. The van der Waals surface area contributed by atoms with E-state index in [4.69, 9.17) is 29.3 Å². The molecule has 2 amide bonds. The van der Waals surface area contributed by atoms with Crippen LogP contribution < -0.4 is 30.4 Å². The molecule has 85 heavy (non-hydrogen) atoms. The molecule has 4 N–H and O–H groups in total. The quantitative estimate of drug-likeness (QED) is 0.0230. The molecule has 3 saturated heterocycles. The van der Waals surface area contributed by atoms with Crippen molar-refractivity contribution in [1.82, 2.24) is 45.9 Å². The van der Waals surface area contributed by atoms with Crippen LogP contribution >= 0.6 is 0 Å². The van der Waals surface area contributed by atoms with E-state index in [1.807, 2.05) is 49.2 Å². The monoisotopic (exact) mass is 1170 g/mol. The SMILES string of the molecule is CN/N=C\c1ccc(F)c(C)c1-c1c(C2CC2)cc2c(N3CC4CCC(C3)N4)nc(OC[C@H](C)OC)nc2c1OCc1ccc(-c2cn(C(C(=O)N3CCCC3C)C(C)C)nn2)cc1.O=CNC(CO)c1ccc(-c2c(F)cc(F)cc2F)cc1. The lowest BCUT2D eigenvalue weighted by Gasteiger charge is -2.34. The molecule has 1 aliphatic carbocycles. The second-order valence-corrected chi connectivity index (χ2v) is 22.9. The first-order valence-corrected chi connectivity index (χ1v) is 29.1. The summed E-state index contributed by atoms with van der Waals surface area (Å²) >= 11 is 0. The molecule has 2 aromatic heterocycles. The number of ether oxygens (including phenoxy) is 3. The highest BCUT2D eigenvalue weighted by atomic mass is 19.1. The Labute approximate surface area is 492 Å². The molecule has 0 radical (unpaired) electrons. The maximum Gasteiger partial charge on any atom is 0.319 e. The number of hydrazone groups is 1. The van der Waals surface area contributed by atoms with E-state index < -0.39 is 29.5 Å². The van der Waals surface area contributed by atoms with E-state index in [9.17, 15) is 22.8 Å². The highest BCUT2D eigenvalue weighted by Crippen LogP contribution is 2.53. The predicted octanol–water partition coefficient (Wildman–Crippen LogP) is 10.1. The van der Waals surface area contributed by atoms with Crippen LogP contribution in [-0.2, 0) is 20.9 Å². The van der Waals surface area contributed by atoms with Gasteiger partial charge in [-0.25, -0.2) is 22.2 Å². The van der Waals surface area contributed by atoms with Gasteiger partial charge in [-0.1, -0.05) is 67.6 Å². The van der Waals surface area contributed by atoms with Crippen LogP contribution in [0.15, 0.2) is 90.2 Å². The molecule has 5 unspecified atom stereocenters. The van der Waals surface area contributed by atoms with Crippen molar-refractivity contribution < 1.29 is 46.5 Å². The average Bonchev–Trinajstić information content (AvgIpc) is 2.18. The summed E-state index contributed by atoms with van der Waals surface area (Å²) in [5, 5.41) is 29.5. The van der Waals surface area contributed by atoms with Crippen molar-refractivity contribution >= 4 is 35.3 Å². The Morgan fingerprint density at radius 1 is 0.871 bits per heavy atom. The van der Waals surface area contributed by atoms with Crippen LogP contribution in [0.3, 0.4) is 0 Å². The molecule has 0 spiro atoms. The van der Waals surface area contributed by atoms with Gasteiger partial charge in [0.25, 0.3) is 0 Å². The number of fused-ring (bicyclic) bond motifs is 3. The second kappa shape index (κ2) is 26.5. The van der Waals surface area contributed by atoms with Gasteiger partial charge >= 0.3 is 6.01 Å². The van der Waals surface area contributed by atoms with Crippen LogP contribution in [0, 0.1) is 36.1 Å². The number of rotatable bonds is 21. The van der Waals surface area contributed by atoms with Crippen molar-refractivity contribution in [1.29, 1.82) is 0 Å². The minimum atomic E-state index is -0.995. The summed E-state index contributed by atoms with van der Waals surface area (Å²) in [6.45, 7) is 12.5. The van der Waals surface area contributed by atoms with Crippen LogP contribution in [0.2, 0.25) is 0 Å². The molecule has 5 heterocycles. The van der Waals surface area contributed by atoms with Gasteiger partial charge in [0, 0.05) is 91.7 Å². The number of nitrogens with zero attached hydrogens (tertiary/aromatic N) is 8. The summed E-state index contributed by atoms with van der Waals surface area (Å²) in [6, 6.07) is 20.8. The van der Waals surface area contributed by atoms with E-state index in [2.05, 4.69) is 63.2 Å². The number of aliphatic hydroxyl groups excluding tert-OH is 1. The number of carbonyl (C=O) groups excluding carboxylic acids is 2. The van der Waals surface area contributed by atoms with Gasteiger partial charge in [-0.05, 0) is 117 Å². The molecule has 21 heteroatoms. The van der Waals surface area contributed by atoms with Gasteiger partial charge < -0.3 is 45.2 Å². The van der Waals surface area contributed by atoms with E-state index in [0.29, 0.717) is 64.3 Å². The van der Waals surface area contributed by atoms with E-state index in [-0.39, 0.29) is 72.7 Å². The third kappa shape index (κ3) is 13.3. The van der Waals surface area contributed by atoms with E-state index in [1.165, 1.54) is 30.3 Å². The highest BCUT2D eigenvalue weighted by Gasteiger charge is 2.38. The molecule has 6 atom stereocenters. The van der Waals surface area contributed by atoms with Crippen molar-refractivity contribution in [2.24, 2.45) is 11.0 Å². The van der Waals surface area contributed by atoms with Crippen molar-refractivity contribution in [3.63, 3.8) is 0 Å². The molecular formula is C64H73F4N11O6. The minimum Gasteiger partial charge on any atom is -0.486 e. The first-order chi connectivity index (χ1) is 41.1. The van der Waals surface area contributed by atoms with Gasteiger partial charge in [-0.15, -0.1) is 5.10 Å². The average molecular weight is 1170 g/mol. The zero-order valence-electron chi connectivity index (χ0n) is 48.9. The van der Waals surface area contributed by atoms with Gasteiger partial charge in [0.1, 0.15) is 59.6 Å². The number of methoxy groups -OCH3 is 1. The van der Waals surface area contributed by atoms with E-state index >= 15 is 4.39 Å². The molecule has 7 aromatic rings. The van der Waals surface area contributed by atoms with Gasteiger partial charge in [0.15, 0.2) is 5.75 Å². The molecule has 3 aliphatic heterocycles. The second-order valence-electron chi connectivity index (χ2n) is 22.9. The predicted molar refractivity (Wildman–Crippen MR) is 317 cm³/mol. The number of benzene rings is 5. The largest absolute Gasteiger partial charge is 0.486 e. The Bertz CT molecular complexity index is 3510. The van der Waals surface area contributed by atoms with Gasteiger partial charge in [-0.2, -0.15) is 15.1 Å². The fourth-order valence-corrected chi connectivity index (χ4v) is 11.8. The zero-order chi connectivity index (χ0) is 60.1. The lowest BCUT2D eigenvalue weighted by atomic mass is 9.87. The minimum absolute atomic E-state index is 0.0430. The zero-order valence-corrected chi connectivity index (χ0v) is 48.9. The van der Waals surface area contributed by atoms with Crippen LogP contribution in [0.25, 0.3) is 44.4 Å². The number of halogens is 4. The first kappa shape index (κ1) is 60.1. The molecule has 5 aromatic carbocycles. The molecule has 11 rings (SSSR count). The normalized spacial score (nSPS) is 18.6. The third-order valence-corrected chi connectivity index (χ3v) is 16.5. The fourth-order valence-electron chi connectivity index (χ4n) is 11.8. The number of carbonyl (C=O) groups is 2. The molecule has 4 aliphatic rings. The number of nitrogens with one attached hydrogen (secondary N) is 3. The highest BCUT2D eigenvalue weighted by molar-refractivity contribution is 6.04. The smallest absolute Gasteiger partial charge is 0.319 e. The Hall–Kier alpha value is -8.01. The number of hydrogen-bond acceptors (Lipinski definition) is 14. The Balaban J connectivity index is 0.000000322. The topological polar surface area (TPSA) is 193 Å². The number of aromatic nitrogens is 5. The van der Waals surface area contributed by atoms with Gasteiger partial charge in [-0.3, -0.25) is 9.59 Å². The number of amides is 2. The van der Waals surface area contributed by atoms with Crippen molar-refractivity contribution in [2.45, 2.75) is 122 Å². The molecule has 4 fully saturated rings. The summed E-state index contributed by atoms with van der Waals surface area (Å²) in [5.41, 5.74) is 10.3. The van der Waals surface area contributed by atoms with Crippen LogP contribution in [0.1, 0.15) is 112 Å². The van der Waals surface area contributed by atoms with Crippen LogP contribution in [0.5, 0.6) is 11.8 Å². The lowest BCUT2D eigenvalue weighted by Crippen LogP contribution is -2.51. The van der Waals surface area contributed by atoms with Crippen molar-refractivity contribution in [2.75, 3.05) is 51.9 Å². The van der Waals surface area contributed by atoms with E-state index in [1.54, 1.807) is 31.1 Å². The van der Waals surface area contributed by atoms with Crippen LogP contribution in [-0.4, -0.2) is 125 Å². The Kier molecular flexibility index (Phi) is 18.7. The summed E-state index contributed by atoms with van der Waals surface area (Å²) in [4.78, 5) is 38.7. The van der Waals surface area contributed by atoms with Crippen molar-refractivity contribution in [3.05, 3.63) is 136 Å². The number of piperazine rings is 1. The maximum absolute atomic E-state index is 15.9. The number of hydrogen-bond donors (Lipinski definition) is 4. The first-order valence-electron chi connectivity index (χ1n) is 29.1. The third-order valence-electron chi connectivity index (χ3n) is 16.5. The molecule has 2 bridgehead atoms. The summed E-state index contributed by atoms with van der Waals surface area (Å²) in [5.74, 6) is -1.55. The fraction of sp³-hybridized carbons (Fsp3) is 0.422. The maximum atomic E-state index is 15.9. The summed E-state index contributed by atoms with van der Waals surface area (Å²) in [6.07, 6.45) is 10.2. The lowest BCUT2D eigenvalue weighted by molar-refractivity contribution is -0.137. The Morgan fingerprint density at radius 3 is 2.20 bits per heavy atom. The van der Waals surface area contributed by atoms with Gasteiger partial charge in [0.05, 0.1) is 36.7 Å². The van der Waals surface area contributed by atoms with Crippen molar-refractivity contribution in [3.8, 4) is 45.3 Å². The number of likely N-dealkylation sites (tertiary alicyclic amines) is 1. The molecular weight excluding hydrogens is 1090 g/mol. The number of aliphatic hydroxyl groups is 1. The summed E-state index contributed by atoms with van der Waals surface area (Å²) in [7, 11) is 3.40.